The van der Waals surface area contributed by atoms with Gasteiger partial charge in [-0.15, -0.1) is 0 Å². The Bertz CT molecular complexity index is 454. The molecule has 0 amide bonds. The summed E-state index contributed by atoms with van der Waals surface area (Å²) in [7, 11) is 0. The SMILES string of the molecule is O=C([O-])c1ccccc1-n1cccn1.[Na+]. The van der Waals surface area contributed by atoms with Crippen LogP contribution in [-0.4, -0.2) is 15.7 Å². The zero-order valence-corrected chi connectivity index (χ0v) is 10.3. The number of nitrogens with zero attached hydrogens (tertiary/aromatic N) is 2. The molecule has 0 atom stereocenters. The van der Waals surface area contributed by atoms with E-state index in [2.05, 4.69) is 5.10 Å². The summed E-state index contributed by atoms with van der Waals surface area (Å²) in [6, 6.07) is 8.30. The molecule has 15 heavy (non-hydrogen) atoms. The number of aromatic carboxylic acids is 1. The van der Waals surface area contributed by atoms with E-state index in [-0.39, 0.29) is 35.1 Å². The summed E-state index contributed by atoms with van der Waals surface area (Å²) in [6.45, 7) is 0. The van der Waals surface area contributed by atoms with Crippen molar-refractivity contribution in [2.45, 2.75) is 0 Å². The van der Waals surface area contributed by atoms with Crippen molar-refractivity contribution in [3.05, 3.63) is 48.3 Å². The predicted molar refractivity (Wildman–Crippen MR) is 47.9 cm³/mol. The van der Waals surface area contributed by atoms with E-state index < -0.39 is 5.97 Å². The monoisotopic (exact) mass is 210 g/mol. The first-order valence-corrected chi connectivity index (χ1v) is 4.09. The number of carbonyl (C=O) groups is 1. The summed E-state index contributed by atoms with van der Waals surface area (Å²) >= 11 is 0. The summed E-state index contributed by atoms with van der Waals surface area (Å²) in [5.74, 6) is -1.20. The molecule has 0 bridgehead atoms. The fourth-order valence-electron chi connectivity index (χ4n) is 1.26. The summed E-state index contributed by atoms with van der Waals surface area (Å²) in [6.07, 6.45) is 3.27. The molecule has 0 radical (unpaired) electrons. The van der Waals surface area contributed by atoms with Crippen LogP contribution in [0.25, 0.3) is 5.69 Å². The first-order valence-electron chi connectivity index (χ1n) is 4.09. The van der Waals surface area contributed by atoms with Gasteiger partial charge in [-0.1, -0.05) is 18.2 Å². The van der Waals surface area contributed by atoms with Gasteiger partial charge >= 0.3 is 29.6 Å². The maximum atomic E-state index is 10.8. The molecule has 5 heteroatoms. The quantitative estimate of drug-likeness (QED) is 0.504. The third-order valence-corrected chi connectivity index (χ3v) is 1.88. The second-order valence-corrected chi connectivity index (χ2v) is 2.76. The molecule has 0 N–H and O–H groups in total. The molecule has 0 aliphatic carbocycles. The number of carboxylic acids is 1. The third-order valence-electron chi connectivity index (χ3n) is 1.88. The topological polar surface area (TPSA) is 57.9 Å². The van der Waals surface area contributed by atoms with Crippen LogP contribution in [0.1, 0.15) is 10.4 Å². The van der Waals surface area contributed by atoms with Crippen LogP contribution in [0.2, 0.25) is 0 Å². The van der Waals surface area contributed by atoms with Crippen LogP contribution in [0.5, 0.6) is 0 Å². The molecule has 2 aromatic rings. The van der Waals surface area contributed by atoms with Crippen LogP contribution in [0.4, 0.5) is 0 Å². The van der Waals surface area contributed by atoms with Crippen LogP contribution >= 0.6 is 0 Å². The molecular formula is C10H7N2NaO2. The molecule has 0 aliphatic rings. The van der Waals surface area contributed by atoms with Crippen molar-refractivity contribution < 1.29 is 39.5 Å². The van der Waals surface area contributed by atoms with Crippen molar-refractivity contribution in [2.24, 2.45) is 0 Å². The minimum Gasteiger partial charge on any atom is -0.545 e. The van der Waals surface area contributed by atoms with E-state index >= 15 is 0 Å². The first kappa shape index (κ1) is 12.0. The number of hydrogen-bond acceptors (Lipinski definition) is 3. The van der Waals surface area contributed by atoms with Crippen LogP contribution < -0.4 is 34.7 Å². The number of aromatic nitrogens is 2. The number of carbonyl (C=O) groups excluding carboxylic acids is 1. The predicted octanol–water partition coefficient (Wildman–Crippen LogP) is -2.76. The largest absolute Gasteiger partial charge is 1.00 e. The maximum Gasteiger partial charge on any atom is 1.00 e. The van der Waals surface area contributed by atoms with Gasteiger partial charge in [0.1, 0.15) is 0 Å². The van der Waals surface area contributed by atoms with E-state index in [9.17, 15) is 9.90 Å². The minimum absolute atomic E-state index is 0. The molecule has 0 aliphatic heterocycles. The van der Waals surface area contributed by atoms with Crippen LogP contribution in [0, 0.1) is 0 Å². The molecule has 1 aromatic heterocycles. The molecule has 1 heterocycles. The fraction of sp³-hybridized carbons (Fsp3) is 0. The van der Waals surface area contributed by atoms with Crippen molar-refractivity contribution in [1.29, 1.82) is 0 Å². The van der Waals surface area contributed by atoms with Gasteiger partial charge in [-0.05, 0) is 12.1 Å². The van der Waals surface area contributed by atoms with E-state index in [0.717, 1.165) is 0 Å². The molecule has 0 unspecified atom stereocenters. The Balaban J connectivity index is 0.00000112. The summed E-state index contributed by atoms with van der Waals surface area (Å²) < 4.78 is 1.49. The summed E-state index contributed by atoms with van der Waals surface area (Å²) in [5, 5.41) is 14.7. The summed E-state index contributed by atoms with van der Waals surface area (Å²) in [5.41, 5.74) is 0.647. The number of benzene rings is 1. The van der Waals surface area contributed by atoms with Gasteiger partial charge in [0.25, 0.3) is 0 Å². The second-order valence-electron chi connectivity index (χ2n) is 2.76. The van der Waals surface area contributed by atoms with Crippen molar-refractivity contribution in [3.63, 3.8) is 0 Å². The average Bonchev–Trinajstić information content (AvgIpc) is 2.70. The van der Waals surface area contributed by atoms with Crippen molar-refractivity contribution in [3.8, 4) is 5.69 Å². The first-order chi connectivity index (χ1) is 6.79. The molecule has 4 nitrogen and oxygen atoms in total. The molecule has 1 aromatic carbocycles. The zero-order valence-electron chi connectivity index (χ0n) is 8.25. The van der Waals surface area contributed by atoms with Gasteiger partial charge in [0.2, 0.25) is 0 Å². The standard InChI is InChI=1S/C10H8N2O2.Na/c13-10(14)8-4-1-2-5-9(8)12-7-3-6-11-12;/h1-7H,(H,13,14);/q;+1/p-1. The van der Waals surface area contributed by atoms with Crippen molar-refractivity contribution in [2.75, 3.05) is 0 Å². The molecule has 0 saturated heterocycles. The van der Waals surface area contributed by atoms with Crippen LogP contribution in [0.15, 0.2) is 42.7 Å². The molecule has 0 saturated carbocycles. The molecule has 0 fully saturated rings. The number of hydrogen-bond donors (Lipinski definition) is 0. The van der Waals surface area contributed by atoms with Gasteiger partial charge in [-0.2, -0.15) is 5.10 Å². The smallest absolute Gasteiger partial charge is 0.545 e. The average molecular weight is 210 g/mol. The van der Waals surface area contributed by atoms with Gasteiger partial charge in [-0.3, -0.25) is 0 Å². The van der Waals surface area contributed by atoms with Gasteiger partial charge in [0, 0.05) is 18.0 Å². The van der Waals surface area contributed by atoms with Gasteiger partial charge in [-0.25, -0.2) is 4.68 Å². The Labute approximate surface area is 109 Å². The van der Waals surface area contributed by atoms with Crippen molar-refractivity contribution >= 4 is 5.97 Å². The molecule has 2 rings (SSSR count). The number of para-hydroxylation sites is 1. The van der Waals surface area contributed by atoms with Crippen LogP contribution in [-0.2, 0) is 0 Å². The van der Waals surface area contributed by atoms with E-state index in [4.69, 9.17) is 0 Å². The Morgan fingerprint density at radius 1 is 1.27 bits per heavy atom. The minimum atomic E-state index is -1.20. The van der Waals surface area contributed by atoms with E-state index in [1.165, 1.54) is 10.7 Å². The van der Waals surface area contributed by atoms with Crippen LogP contribution in [0.3, 0.4) is 0 Å². The number of rotatable bonds is 2. The van der Waals surface area contributed by atoms with E-state index in [0.29, 0.717) is 5.69 Å². The van der Waals surface area contributed by atoms with Gasteiger partial charge < -0.3 is 9.90 Å². The van der Waals surface area contributed by atoms with Gasteiger partial charge in [0.05, 0.1) is 11.7 Å². The Morgan fingerprint density at radius 3 is 2.60 bits per heavy atom. The van der Waals surface area contributed by atoms with Gasteiger partial charge in [0.15, 0.2) is 0 Å². The Morgan fingerprint density at radius 2 is 2.00 bits per heavy atom. The van der Waals surface area contributed by atoms with Crippen molar-refractivity contribution in [1.82, 2.24) is 9.78 Å². The summed E-state index contributed by atoms with van der Waals surface area (Å²) in [4.78, 5) is 10.8. The zero-order chi connectivity index (χ0) is 9.97. The second kappa shape index (κ2) is 5.11. The Hall–Kier alpha value is -1.10. The molecular weight excluding hydrogens is 203 g/mol. The Kier molecular flexibility index (Phi) is 4.08. The normalized spacial score (nSPS) is 9.33. The van der Waals surface area contributed by atoms with E-state index in [1.54, 1.807) is 36.7 Å². The fourth-order valence-corrected chi connectivity index (χ4v) is 1.26. The third kappa shape index (κ3) is 2.47. The maximum absolute atomic E-state index is 10.8. The molecule has 0 spiro atoms. The number of carboxylic acid groups (broad SMARTS) is 1. The van der Waals surface area contributed by atoms with E-state index in [1.807, 2.05) is 0 Å². The molecule has 70 valence electrons.